The Labute approximate surface area is 108 Å². The molecule has 0 radical (unpaired) electrons. The Morgan fingerprint density at radius 3 is 2.21 bits per heavy atom. The van der Waals surface area contributed by atoms with Crippen molar-refractivity contribution in [3.63, 3.8) is 0 Å². The van der Waals surface area contributed by atoms with Crippen molar-refractivity contribution >= 4 is 0 Å². The third kappa shape index (κ3) is 2.95. The van der Waals surface area contributed by atoms with E-state index in [2.05, 4.69) is 0 Å². The predicted molar refractivity (Wildman–Crippen MR) is 66.3 cm³/mol. The first-order valence-corrected chi connectivity index (χ1v) is 5.73. The highest BCUT2D eigenvalue weighted by atomic mass is 19.4. The van der Waals surface area contributed by atoms with Crippen LogP contribution in [-0.2, 0) is 6.18 Å². The maximum atomic E-state index is 13.2. The van der Waals surface area contributed by atoms with Crippen LogP contribution in [0.2, 0.25) is 0 Å². The van der Waals surface area contributed by atoms with Gasteiger partial charge in [0.15, 0.2) is 0 Å². The van der Waals surface area contributed by atoms with E-state index in [0.29, 0.717) is 16.7 Å². The number of rotatable bonds is 1. The topological polar surface area (TPSA) is 0 Å². The van der Waals surface area contributed by atoms with E-state index in [9.17, 15) is 17.6 Å². The maximum Gasteiger partial charge on any atom is 0.416 e. The Bertz CT molecular complexity index is 612. The Kier molecular flexibility index (Phi) is 3.35. The SMILES string of the molecule is Cc1cc(-c2cc(F)ccc2C)cc(C(F)(F)F)c1. The summed E-state index contributed by atoms with van der Waals surface area (Å²) in [5.41, 5.74) is 1.37. The lowest BCUT2D eigenvalue weighted by atomic mass is 9.96. The van der Waals surface area contributed by atoms with Gasteiger partial charge in [0.05, 0.1) is 5.56 Å². The quantitative estimate of drug-likeness (QED) is 0.629. The minimum atomic E-state index is -4.40. The van der Waals surface area contributed by atoms with E-state index in [0.717, 1.165) is 17.7 Å². The fourth-order valence-corrected chi connectivity index (χ4v) is 2.01. The Morgan fingerprint density at radius 2 is 1.58 bits per heavy atom. The van der Waals surface area contributed by atoms with Crippen molar-refractivity contribution in [2.75, 3.05) is 0 Å². The molecule has 2 rings (SSSR count). The monoisotopic (exact) mass is 268 g/mol. The molecule has 4 heteroatoms. The van der Waals surface area contributed by atoms with Crippen molar-refractivity contribution in [1.29, 1.82) is 0 Å². The number of alkyl halides is 3. The minimum Gasteiger partial charge on any atom is -0.207 e. The van der Waals surface area contributed by atoms with Gasteiger partial charge in [0.25, 0.3) is 0 Å². The summed E-state index contributed by atoms with van der Waals surface area (Å²) in [6, 6.07) is 7.85. The molecule has 0 saturated carbocycles. The van der Waals surface area contributed by atoms with E-state index < -0.39 is 17.6 Å². The molecule has 0 nitrogen and oxygen atoms in total. The lowest BCUT2D eigenvalue weighted by molar-refractivity contribution is -0.137. The van der Waals surface area contributed by atoms with Gasteiger partial charge >= 0.3 is 6.18 Å². The molecule has 0 aliphatic heterocycles. The summed E-state index contributed by atoms with van der Waals surface area (Å²) in [4.78, 5) is 0. The smallest absolute Gasteiger partial charge is 0.207 e. The molecule has 0 atom stereocenters. The highest BCUT2D eigenvalue weighted by Crippen LogP contribution is 2.34. The summed E-state index contributed by atoms with van der Waals surface area (Å²) in [7, 11) is 0. The minimum absolute atomic E-state index is 0.379. The van der Waals surface area contributed by atoms with Crippen LogP contribution in [0.1, 0.15) is 16.7 Å². The molecule has 0 unspecified atom stereocenters. The second kappa shape index (κ2) is 4.68. The molecule has 0 saturated heterocycles. The van der Waals surface area contributed by atoms with Gasteiger partial charge in [-0.1, -0.05) is 12.1 Å². The van der Waals surface area contributed by atoms with Gasteiger partial charge in [-0.15, -0.1) is 0 Å². The van der Waals surface area contributed by atoms with E-state index in [4.69, 9.17) is 0 Å². The summed E-state index contributed by atoms with van der Waals surface area (Å²) >= 11 is 0. The van der Waals surface area contributed by atoms with Crippen LogP contribution in [0.5, 0.6) is 0 Å². The second-order valence-corrected chi connectivity index (χ2v) is 4.54. The summed E-state index contributed by atoms with van der Waals surface area (Å²) in [6.45, 7) is 3.33. The highest BCUT2D eigenvalue weighted by molar-refractivity contribution is 5.68. The second-order valence-electron chi connectivity index (χ2n) is 4.54. The molecule has 0 fully saturated rings. The van der Waals surface area contributed by atoms with E-state index in [1.54, 1.807) is 26.0 Å². The predicted octanol–water partition coefficient (Wildman–Crippen LogP) is 5.13. The van der Waals surface area contributed by atoms with Crippen molar-refractivity contribution in [2.45, 2.75) is 20.0 Å². The van der Waals surface area contributed by atoms with Crippen LogP contribution in [-0.4, -0.2) is 0 Å². The Morgan fingerprint density at radius 1 is 0.895 bits per heavy atom. The molecule has 0 aromatic heterocycles. The normalized spacial score (nSPS) is 11.7. The standard InChI is InChI=1S/C15H12F4/c1-9-5-11(7-12(6-9)15(17,18)19)14-8-13(16)4-3-10(14)2/h3-8H,1-2H3. The summed E-state index contributed by atoms with van der Waals surface area (Å²) in [5.74, 6) is -0.462. The molecule has 0 N–H and O–H groups in total. The number of halogens is 4. The van der Waals surface area contributed by atoms with Crippen LogP contribution in [0.15, 0.2) is 36.4 Å². The molecule has 100 valence electrons. The zero-order chi connectivity index (χ0) is 14.2. The zero-order valence-corrected chi connectivity index (χ0v) is 10.5. The van der Waals surface area contributed by atoms with Gasteiger partial charge in [-0.25, -0.2) is 4.39 Å². The van der Waals surface area contributed by atoms with E-state index in [1.165, 1.54) is 12.1 Å². The lowest BCUT2D eigenvalue weighted by Crippen LogP contribution is -2.05. The molecule has 0 spiro atoms. The summed E-state index contributed by atoms with van der Waals surface area (Å²) < 4.78 is 51.6. The van der Waals surface area contributed by atoms with Crippen LogP contribution in [0.3, 0.4) is 0 Å². The van der Waals surface area contributed by atoms with Gasteiger partial charge in [0.2, 0.25) is 0 Å². The van der Waals surface area contributed by atoms with Crippen LogP contribution in [0, 0.1) is 19.7 Å². The van der Waals surface area contributed by atoms with Crippen molar-refractivity contribution in [3.05, 3.63) is 58.9 Å². The van der Waals surface area contributed by atoms with Crippen LogP contribution < -0.4 is 0 Å². The maximum absolute atomic E-state index is 13.2. The van der Waals surface area contributed by atoms with Crippen LogP contribution in [0.4, 0.5) is 17.6 Å². The third-order valence-electron chi connectivity index (χ3n) is 2.92. The van der Waals surface area contributed by atoms with Crippen molar-refractivity contribution in [2.24, 2.45) is 0 Å². The number of hydrogen-bond acceptors (Lipinski definition) is 0. The van der Waals surface area contributed by atoms with Crippen molar-refractivity contribution in [1.82, 2.24) is 0 Å². The summed E-state index contributed by atoms with van der Waals surface area (Å²) in [6.07, 6.45) is -4.40. The molecule has 0 aliphatic carbocycles. The molecule has 2 aromatic carbocycles. The van der Waals surface area contributed by atoms with Crippen LogP contribution in [0.25, 0.3) is 11.1 Å². The fourth-order valence-electron chi connectivity index (χ4n) is 2.01. The van der Waals surface area contributed by atoms with Gasteiger partial charge in [-0.3, -0.25) is 0 Å². The number of hydrogen-bond donors (Lipinski definition) is 0. The lowest BCUT2D eigenvalue weighted by Gasteiger charge is -2.12. The molecular weight excluding hydrogens is 256 g/mol. The van der Waals surface area contributed by atoms with Gasteiger partial charge in [0, 0.05) is 0 Å². The molecule has 2 aromatic rings. The molecule has 19 heavy (non-hydrogen) atoms. The molecule has 0 amide bonds. The Hall–Kier alpha value is -1.84. The molecular formula is C15H12F4. The first-order valence-electron chi connectivity index (χ1n) is 5.73. The fraction of sp³-hybridized carbons (Fsp3) is 0.200. The largest absolute Gasteiger partial charge is 0.416 e. The summed E-state index contributed by atoms with van der Waals surface area (Å²) in [5, 5.41) is 0. The van der Waals surface area contributed by atoms with Gasteiger partial charge in [0.1, 0.15) is 5.82 Å². The Balaban J connectivity index is 2.63. The van der Waals surface area contributed by atoms with Gasteiger partial charge in [-0.2, -0.15) is 13.2 Å². The molecule has 0 aliphatic rings. The van der Waals surface area contributed by atoms with Crippen molar-refractivity contribution < 1.29 is 17.6 Å². The molecule has 0 heterocycles. The van der Waals surface area contributed by atoms with E-state index in [1.807, 2.05) is 0 Å². The van der Waals surface area contributed by atoms with E-state index in [-0.39, 0.29) is 0 Å². The highest BCUT2D eigenvalue weighted by Gasteiger charge is 2.31. The molecule has 0 bridgehead atoms. The third-order valence-corrected chi connectivity index (χ3v) is 2.92. The van der Waals surface area contributed by atoms with E-state index >= 15 is 0 Å². The average molecular weight is 268 g/mol. The van der Waals surface area contributed by atoms with Crippen LogP contribution >= 0.6 is 0 Å². The number of benzene rings is 2. The number of aryl methyl sites for hydroxylation is 2. The van der Waals surface area contributed by atoms with Gasteiger partial charge < -0.3 is 0 Å². The first kappa shape index (κ1) is 13.6. The first-order chi connectivity index (χ1) is 8.77. The van der Waals surface area contributed by atoms with Crippen molar-refractivity contribution in [3.8, 4) is 11.1 Å². The average Bonchev–Trinajstić information content (AvgIpc) is 2.30. The van der Waals surface area contributed by atoms with Gasteiger partial charge in [-0.05, 0) is 60.4 Å². The zero-order valence-electron chi connectivity index (χ0n) is 10.5.